The first-order valence-electron chi connectivity index (χ1n) is 9.43. The number of benzene rings is 2. The van der Waals surface area contributed by atoms with Gasteiger partial charge < -0.3 is 27.2 Å². The maximum Gasteiger partial charge on any atom is 0.344 e. The highest BCUT2D eigenvalue weighted by atomic mass is 79.9. The van der Waals surface area contributed by atoms with Crippen LogP contribution in [0.4, 0.5) is 24.5 Å². The Morgan fingerprint density at radius 2 is 1.79 bits per heavy atom. The number of aromatic hydroxyl groups is 1. The van der Waals surface area contributed by atoms with Crippen molar-refractivity contribution in [3.05, 3.63) is 58.3 Å². The van der Waals surface area contributed by atoms with Gasteiger partial charge in [0.1, 0.15) is 17.1 Å². The molecule has 1 heterocycles. The summed E-state index contributed by atoms with van der Waals surface area (Å²) in [7, 11) is 0. The molecule has 176 valence electrons. The van der Waals surface area contributed by atoms with Gasteiger partial charge in [0.05, 0.1) is 5.69 Å². The molecule has 7 amide bonds. The van der Waals surface area contributed by atoms with E-state index in [2.05, 4.69) is 43.5 Å². The highest BCUT2D eigenvalue weighted by Gasteiger charge is 2.48. The molecule has 1 aliphatic rings. The third-order valence-electron chi connectivity index (χ3n) is 4.50. The minimum Gasteiger partial charge on any atom is -0.508 e. The van der Waals surface area contributed by atoms with Gasteiger partial charge in [0.15, 0.2) is 0 Å². The van der Waals surface area contributed by atoms with Gasteiger partial charge in [-0.15, -0.1) is 0 Å². The fourth-order valence-electron chi connectivity index (χ4n) is 2.85. The summed E-state index contributed by atoms with van der Waals surface area (Å²) < 4.78 is 14.3. The SMILES string of the molecule is CC1(CCc2ccc(O)cc2)NC(=O)N(NC(=O)Nc2ccc(Br)cc2F)C1=O.NC(N)=O. The number of hydrogen-bond donors (Lipinski definition) is 6. The lowest BCUT2D eigenvalue weighted by atomic mass is 9.93. The third-order valence-corrected chi connectivity index (χ3v) is 5.00. The Morgan fingerprint density at radius 3 is 2.36 bits per heavy atom. The highest BCUT2D eigenvalue weighted by molar-refractivity contribution is 9.10. The summed E-state index contributed by atoms with van der Waals surface area (Å²) in [5.74, 6) is -1.17. The van der Waals surface area contributed by atoms with Gasteiger partial charge in [-0.05, 0) is 55.7 Å². The molecular weight excluding hydrogens is 503 g/mol. The van der Waals surface area contributed by atoms with E-state index in [1.165, 1.54) is 30.3 Å². The number of urea groups is 3. The van der Waals surface area contributed by atoms with E-state index in [0.29, 0.717) is 15.9 Å². The number of nitrogens with one attached hydrogen (secondary N) is 3. The maximum atomic E-state index is 13.8. The lowest BCUT2D eigenvalue weighted by Gasteiger charge is -2.21. The Morgan fingerprint density at radius 1 is 1.18 bits per heavy atom. The average Bonchev–Trinajstić information content (AvgIpc) is 2.93. The van der Waals surface area contributed by atoms with Crippen molar-refractivity contribution in [3.8, 4) is 5.75 Å². The molecule has 1 fully saturated rings. The molecule has 3 rings (SSSR count). The first kappa shape index (κ1) is 25.4. The smallest absolute Gasteiger partial charge is 0.344 e. The molecule has 11 nitrogen and oxygen atoms in total. The van der Waals surface area contributed by atoms with Gasteiger partial charge in [-0.25, -0.2) is 24.2 Å². The van der Waals surface area contributed by atoms with Crippen molar-refractivity contribution in [2.75, 3.05) is 5.32 Å². The van der Waals surface area contributed by atoms with Crippen LogP contribution in [0.5, 0.6) is 5.75 Å². The predicted molar refractivity (Wildman–Crippen MR) is 120 cm³/mol. The van der Waals surface area contributed by atoms with Crippen molar-refractivity contribution in [2.45, 2.75) is 25.3 Å². The Labute approximate surface area is 196 Å². The van der Waals surface area contributed by atoms with E-state index >= 15 is 0 Å². The number of halogens is 2. The van der Waals surface area contributed by atoms with Crippen LogP contribution in [0.15, 0.2) is 46.9 Å². The van der Waals surface area contributed by atoms with E-state index in [1.54, 1.807) is 19.1 Å². The van der Waals surface area contributed by atoms with Crippen LogP contribution in [-0.4, -0.2) is 39.7 Å². The third kappa shape index (κ3) is 7.07. The van der Waals surface area contributed by atoms with Gasteiger partial charge in [0.25, 0.3) is 5.91 Å². The summed E-state index contributed by atoms with van der Waals surface area (Å²) in [5, 5.41) is 14.7. The molecule has 1 unspecified atom stereocenters. The van der Waals surface area contributed by atoms with Crippen LogP contribution in [0.25, 0.3) is 0 Å². The van der Waals surface area contributed by atoms with Crippen molar-refractivity contribution in [2.24, 2.45) is 11.5 Å². The van der Waals surface area contributed by atoms with Crippen LogP contribution < -0.4 is 27.5 Å². The molecule has 0 bridgehead atoms. The highest BCUT2D eigenvalue weighted by Crippen LogP contribution is 2.23. The van der Waals surface area contributed by atoms with Gasteiger partial charge in [-0.3, -0.25) is 4.79 Å². The molecular formula is C20H22BrFN6O5. The van der Waals surface area contributed by atoms with Gasteiger partial charge in [0.2, 0.25) is 0 Å². The molecule has 33 heavy (non-hydrogen) atoms. The minimum atomic E-state index is -1.22. The standard InChI is InChI=1S/C19H18BrFN4O4.CH4N2O/c1-19(9-8-11-2-5-13(26)6-3-11)16(27)25(18(29)23-19)24-17(28)22-15-7-4-12(20)10-14(15)21;2-1(3)4/h2-7,10,26H,8-9H2,1H3,(H,23,29)(H2,22,24,28);(H4,2,3,4). The number of anilines is 1. The van der Waals surface area contributed by atoms with Crippen molar-refractivity contribution in [1.29, 1.82) is 0 Å². The monoisotopic (exact) mass is 524 g/mol. The Hall–Kier alpha value is -3.87. The second-order valence-corrected chi connectivity index (χ2v) is 8.08. The molecule has 0 aromatic heterocycles. The topological polar surface area (TPSA) is 180 Å². The maximum absolute atomic E-state index is 13.8. The Bertz CT molecular complexity index is 1060. The molecule has 0 aliphatic carbocycles. The zero-order chi connectivity index (χ0) is 24.8. The number of nitrogens with zero attached hydrogens (tertiary/aromatic N) is 1. The van der Waals surface area contributed by atoms with Crippen molar-refractivity contribution >= 4 is 45.6 Å². The van der Waals surface area contributed by atoms with Crippen LogP contribution in [0.2, 0.25) is 0 Å². The molecule has 1 aliphatic heterocycles. The molecule has 0 radical (unpaired) electrons. The van der Waals surface area contributed by atoms with Crippen LogP contribution in [-0.2, 0) is 11.2 Å². The number of nitrogens with two attached hydrogens (primary N) is 2. The number of carbonyl (C=O) groups is 4. The molecule has 2 aromatic carbocycles. The molecule has 1 saturated heterocycles. The number of aryl methyl sites for hydroxylation is 1. The number of hydrogen-bond acceptors (Lipinski definition) is 5. The quantitative estimate of drug-likeness (QED) is 0.327. The van der Waals surface area contributed by atoms with Gasteiger partial charge in [0, 0.05) is 4.47 Å². The summed E-state index contributed by atoms with van der Waals surface area (Å²) >= 11 is 3.11. The molecule has 13 heteroatoms. The second-order valence-electron chi connectivity index (χ2n) is 7.16. The second kappa shape index (κ2) is 10.6. The largest absolute Gasteiger partial charge is 0.508 e. The van der Waals surface area contributed by atoms with E-state index in [9.17, 15) is 23.9 Å². The Balaban J connectivity index is 0.000000890. The van der Waals surface area contributed by atoms with E-state index in [1.807, 2.05) is 0 Å². The van der Waals surface area contributed by atoms with E-state index in [-0.39, 0.29) is 17.9 Å². The molecule has 8 N–H and O–H groups in total. The van der Waals surface area contributed by atoms with E-state index in [0.717, 1.165) is 5.56 Å². The number of imide groups is 1. The number of phenols is 1. The van der Waals surface area contributed by atoms with Gasteiger partial charge >= 0.3 is 18.1 Å². The number of hydrazine groups is 1. The van der Waals surface area contributed by atoms with Crippen molar-refractivity contribution < 1.29 is 28.7 Å². The fourth-order valence-corrected chi connectivity index (χ4v) is 3.19. The molecule has 2 aromatic rings. The summed E-state index contributed by atoms with van der Waals surface area (Å²) in [4.78, 5) is 46.0. The summed E-state index contributed by atoms with van der Waals surface area (Å²) in [6, 6.07) is 8.00. The molecule has 0 spiro atoms. The minimum absolute atomic E-state index is 0.104. The predicted octanol–water partition coefficient (Wildman–Crippen LogP) is 2.30. The Kier molecular flexibility index (Phi) is 8.18. The summed E-state index contributed by atoms with van der Waals surface area (Å²) in [5.41, 5.74) is 10.2. The lowest BCUT2D eigenvalue weighted by molar-refractivity contribution is -0.132. The zero-order valence-electron chi connectivity index (χ0n) is 17.4. The van der Waals surface area contributed by atoms with Gasteiger partial charge in [-0.1, -0.05) is 28.1 Å². The lowest BCUT2D eigenvalue weighted by Crippen LogP contribution is -2.50. The average molecular weight is 525 g/mol. The number of amides is 7. The molecule has 0 saturated carbocycles. The van der Waals surface area contributed by atoms with Crippen molar-refractivity contribution in [1.82, 2.24) is 15.8 Å². The number of phenolic OH excluding ortho intramolecular Hbond substituents is 1. The summed E-state index contributed by atoms with van der Waals surface area (Å²) in [6.45, 7) is 1.56. The zero-order valence-corrected chi connectivity index (χ0v) is 19.0. The first-order valence-corrected chi connectivity index (χ1v) is 10.2. The van der Waals surface area contributed by atoms with E-state index in [4.69, 9.17) is 4.79 Å². The van der Waals surface area contributed by atoms with Crippen molar-refractivity contribution in [3.63, 3.8) is 0 Å². The number of rotatable bonds is 5. The number of carbonyl (C=O) groups excluding carboxylic acids is 4. The summed E-state index contributed by atoms with van der Waals surface area (Å²) in [6.07, 6.45) is 0.746. The molecule has 1 atom stereocenters. The van der Waals surface area contributed by atoms with Crippen LogP contribution >= 0.6 is 15.9 Å². The van der Waals surface area contributed by atoms with E-state index < -0.39 is 35.4 Å². The first-order chi connectivity index (χ1) is 15.4. The van der Waals surface area contributed by atoms with Crippen LogP contribution in [0.1, 0.15) is 18.9 Å². The fraction of sp³-hybridized carbons (Fsp3) is 0.200. The number of primary amides is 2. The normalized spacial score (nSPS) is 17.0. The van der Waals surface area contributed by atoms with Crippen LogP contribution in [0.3, 0.4) is 0 Å². The van der Waals surface area contributed by atoms with Crippen LogP contribution in [0, 0.1) is 5.82 Å². The van der Waals surface area contributed by atoms with Gasteiger partial charge in [-0.2, -0.15) is 5.01 Å².